The molecule has 2 unspecified atom stereocenters. The molecule has 1 saturated carbocycles. The predicted octanol–water partition coefficient (Wildman–Crippen LogP) is 5.57. The third kappa shape index (κ3) is 3.75. The highest BCUT2D eigenvalue weighted by atomic mass is 19.1. The monoisotopic (exact) mass is 381 g/mol. The largest absolute Gasteiger partial charge is 0.494 e. The summed E-state index contributed by atoms with van der Waals surface area (Å²) >= 11 is 0. The Morgan fingerprint density at radius 1 is 1.32 bits per heavy atom. The number of aryl methyl sites for hydroxylation is 2. The van der Waals surface area contributed by atoms with Gasteiger partial charge in [-0.05, 0) is 73.8 Å². The van der Waals surface area contributed by atoms with Crippen LogP contribution in [0.3, 0.4) is 0 Å². The van der Waals surface area contributed by atoms with E-state index in [4.69, 9.17) is 9.72 Å². The molecule has 2 heterocycles. The maximum Gasteiger partial charge on any atom is 0.165 e. The van der Waals surface area contributed by atoms with Gasteiger partial charge in [-0.2, -0.15) is 0 Å². The molecule has 0 spiro atoms. The molecule has 0 saturated heterocycles. The molecule has 4 rings (SSSR count). The second kappa shape index (κ2) is 7.90. The van der Waals surface area contributed by atoms with Crippen molar-refractivity contribution in [3.8, 4) is 5.75 Å². The summed E-state index contributed by atoms with van der Waals surface area (Å²) < 4.78 is 19.3. The Labute approximate surface area is 165 Å². The van der Waals surface area contributed by atoms with E-state index in [2.05, 4.69) is 16.9 Å². The van der Waals surface area contributed by atoms with Gasteiger partial charge in [0.1, 0.15) is 5.82 Å². The van der Waals surface area contributed by atoms with Crippen molar-refractivity contribution in [2.45, 2.75) is 51.9 Å². The Morgan fingerprint density at radius 3 is 2.82 bits per heavy atom. The van der Waals surface area contributed by atoms with Gasteiger partial charge in [-0.1, -0.05) is 13.3 Å². The number of hydrogen-bond donors (Lipinski definition) is 1. The first-order valence-electron chi connectivity index (χ1n) is 10.2. The molecule has 28 heavy (non-hydrogen) atoms. The van der Waals surface area contributed by atoms with E-state index in [0.717, 1.165) is 47.2 Å². The Hall–Kier alpha value is -2.43. The first kappa shape index (κ1) is 18.9. The topological polar surface area (TPSA) is 50.8 Å². The zero-order valence-corrected chi connectivity index (χ0v) is 16.8. The van der Waals surface area contributed by atoms with Gasteiger partial charge in [-0.3, -0.25) is 4.98 Å². The molecule has 2 aromatic heterocycles. The van der Waals surface area contributed by atoms with Crippen molar-refractivity contribution in [2.75, 3.05) is 7.11 Å². The lowest BCUT2D eigenvalue weighted by molar-refractivity contribution is 0.341. The van der Waals surface area contributed by atoms with Crippen LogP contribution in [0.4, 0.5) is 4.39 Å². The number of imidazole rings is 1. The van der Waals surface area contributed by atoms with E-state index >= 15 is 0 Å². The molecule has 1 aliphatic carbocycles. The fourth-order valence-electron chi connectivity index (χ4n) is 4.42. The van der Waals surface area contributed by atoms with E-state index in [1.165, 1.54) is 20.0 Å². The molecule has 1 fully saturated rings. The van der Waals surface area contributed by atoms with E-state index in [9.17, 15) is 4.39 Å². The van der Waals surface area contributed by atoms with Gasteiger partial charge in [-0.15, -0.1) is 0 Å². The SMILES string of the molecule is CCC(CCc1cc(F)c(OC)cc1C)C(c1nc2ccncc2[nH]1)C1CC1. The summed E-state index contributed by atoms with van der Waals surface area (Å²) in [7, 11) is 1.51. The van der Waals surface area contributed by atoms with Crippen LogP contribution in [0, 0.1) is 24.6 Å². The molecule has 148 valence electrons. The van der Waals surface area contributed by atoms with Crippen molar-refractivity contribution in [1.82, 2.24) is 15.0 Å². The van der Waals surface area contributed by atoms with Crippen LogP contribution in [0.1, 0.15) is 55.5 Å². The van der Waals surface area contributed by atoms with Gasteiger partial charge in [-0.25, -0.2) is 9.37 Å². The number of H-pyrrole nitrogens is 1. The number of aromatic amines is 1. The molecule has 1 aromatic carbocycles. The number of pyridine rings is 1. The van der Waals surface area contributed by atoms with Crippen molar-refractivity contribution >= 4 is 11.0 Å². The second-order valence-corrected chi connectivity index (χ2v) is 8.00. The minimum absolute atomic E-state index is 0.278. The molecule has 1 aliphatic rings. The molecule has 4 nitrogen and oxygen atoms in total. The third-order valence-corrected chi connectivity index (χ3v) is 6.17. The average Bonchev–Trinajstić information content (AvgIpc) is 3.44. The van der Waals surface area contributed by atoms with Gasteiger partial charge < -0.3 is 9.72 Å². The lowest BCUT2D eigenvalue weighted by Gasteiger charge is -2.25. The molecule has 1 N–H and O–H groups in total. The summed E-state index contributed by atoms with van der Waals surface area (Å²) in [6.07, 6.45) is 9.17. The first-order valence-corrected chi connectivity index (χ1v) is 10.2. The summed E-state index contributed by atoms with van der Waals surface area (Å²) in [5, 5.41) is 0. The standard InChI is InChI=1S/C23H28FN3O/c1-4-15(5-8-17-12-18(24)21(28-3)11-14(17)2)22(16-6-7-16)23-26-19-9-10-25-13-20(19)27-23/h9-13,15-16,22H,4-8H2,1-3H3,(H,26,27). The number of ether oxygens (including phenoxy) is 1. The van der Waals surface area contributed by atoms with Crippen LogP contribution in [-0.4, -0.2) is 22.1 Å². The van der Waals surface area contributed by atoms with Gasteiger partial charge in [0, 0.05) is 12.1 Å². The van der Waals surface area contributed by atoms with E-state index in [0.29, 0.717) is 23.5 Å². The Kier molecular flexibility index (Phi) is 5.33. The smallest absolute Gasteiger partial charge is 0.165 e. The lowest BCUT2D eigenvalue weighted by atomic mass is 9.81. The highest BCUT2D eigenvalue weighted by Crippen LogP contribution is 2.48. The van der Waals surface area contributed by atoms with E-state index in [-0.39, 0.29) is 5.82 Å². The summed E-state index contributed by atoms with van der Waals surface area (Å²) in [4.78, 5) is 12.6. The fraction of sp³-hybridized carbons (Fsp3) is 0.478. The molecule has 5 heteroatoms. The highest BCUT2D eigenvalue weighted by molar-refractivity contribution is 5.73. The zero-order valence-electron chi connectivity index (χ0n) is 16.8. The number of rotatable bonds is 8. The summed E-state index contributed by atoms with van der Waals surface area (Å²) in [6, 6.07) is 5.40. The number of fused-ring (bicyclic) bond motifs is 1. The lowest BCUT2D eigenvalue weighted by Crippen LogP contribution is -2.17. The quantitative estimate of drug-likeness (QED) is 0.555. The highest BCUT2D eigenvalue weighted by Gasteiger charge is 2.38. The number of methoxy groups -OCH3 is 1. The van der Waals surface area contributed by atoms with E-state index in [1.807, 2.05) is 19.2 Å². The minimum atomic E-state index is -0.278. The minimum Gasteiger partial charge on any atom is -0.494 e. The average molecular weight is 381 g/mol. The molecule has 0 amide bonds. The van der Waals surface area contributed by atoms with E-state index < -0.39 is 0 Å². The van der Waals surface area contributed by atoms with Crippen LogP contribution in [0.5, 0.6) is 5.75 Å². The fourth-order valence-corrected chi connectivity index (χ4v) is 4.42. The molecule has 0 radical (unpaired) electrons. The number of hydrogen-bond acceptors (Lipinski definition) is 3. The molecular weight excluding hydrogens is 353 g/mol. The maximum atomic E-state index is 14.2. The summed E-state index contributed by atoms with van der Waals surface area (Å²) in [5.74, 6) is 2.79. The number of halogens is 1. The van der Waals surface area contributed by atoms with Crippen LogP contribution in [-0.2, 0) is 6.42 Å². The predicted molar refractivity (Wildman–Crippen MR) is 109 cm³/mol. The van der Waals surface area contributed by atoms with E-state index in [1.54, 1.807) is 18.3 Å². The number of benzene rings is 1. The Balaban J connectivity index is 1.55. The van der Waals surface area contributed by atoms with Gasteiger partial charge in [0.15, 0.2) is 11.6 Å². The van der Waals surface area contributed by atoms with Gasteiger partial charge in [0.2, 0.25) is 0 Å². The van der Waals surface area contributed by atoms with Crippen LogP contribution < -0.4 is 4.74 Å². The molecule has 0 aliphatic heterocycles. The maximum absolute atomic E-state index is 14.2. The van der Waals surface area contributed by atoms with Crippen LogP contribution in [0.15, 0.2) is 30.6 Å². The number of nitrogens with zero attached hydrogens (tertiary/aromatic N) is 2. The molecule has 3 aromatic rings. The van der Waals surface area contributed by atoms with Gasteiger partial charge >= 0.3 is 0 Å². The first-order chi connectivity index (χ1) is 13.6. The zero-order chi connectivity index (χ0) is 19.7. The number of nitrogens with one attached hydrogen (secondary N) is 1. The van der Waals surface area contributed by atoms with Crippen LogP contribution in [0.2, 0.25) is 0 Å². The molecule has 0 bridgehead atoms. The Morgan fingerprint density at radius 2 is 2.14 bits per heavy atom. The van der Waals surface area contributed by atoms with Gasteiger partial charge in [0.05, 0.1) is 24.3 Å². The third-order valence-electron chi connectivity index (χ3n) is 6.17. The summed E-state index contributed by atoms with van der Waals surface area (Å²) in [6.45, 7) is 4.29. The normalized spacial score (nSPS) is 16.3. The molecular formula is C23H28FN3O. The summed E-state index contributed by atoms with van der Waals surface area (Å²) in [5.41, 5.74) is 4.15. The van der Waals surface area contributed by atoms with Crippen LogP contribution in [0.25, 0.3) is 11.0 Å². The van der Waals surface area contributed by atoms with Crippen molar-refractivity contribution in [1.29, 1.82) is 0 Å². The van der Waals surface area contributed by atoms with Crippen molar-refractivity contribution in [3.05, 3.63) is 53.4 Å². The van der Waals surface area contributed by atoms with Crippen molar-refractivity contribution in [2.24, 2.45) is 11.8 Å². The van der Waals surface area contributed by atoms with Crippen molar-refractivity contribution in [3.63, 3.8) is 0 Å². The van der Waals surface area contributed by atoms with Gasteiger partial charge in [0.25, 0.3) is 0 Å². The number of aromatic nitrogens is 3. The van der Waals surface area contributed by atoms with Crippen LogP contribution >= 0.6 is 0 Å². The Bertz CT molecular complexity index is 931. The van der Waals surface area contributed by atoms with Crippen molar-refractivity contribution < 1.29 is 9.13 Å². The second-order valence-electron chi connectivity index (χ2n) is 8.00. The molecule has 2 atom stereocenters.